The van der Waals surface area contributed by atoms with Gasteiger partial charge in [0.15, 0.2) is 5.82 Å². The first-order valence-electron chi connectivity index (χ1n) is 9.39. The third kappa shape index (κ3) is 3.67. The Hall–Kier alpha value is -2.66. The Labute approximate surface area is 169 Å². The van der Waals surface area contributed by atoms with Crippen LogP contribution < -0.4 is 5.32 Å². The summed E-state index contributed by atoms with van der Waals surface area (Å²) in [7, 11) is 1.34. The molecule has 1 amide bonds. The molecule has 2 atom stereocenters. The molecule has 4 rings (SSSR count). The number of pyridine rings is 1. The Balaban J connectivity index is 1.47. The zero-order chi connectivity index (χ0) is 20.8. The minimum atomic E-state index is -3.53. The fraction of sp³-hybridized carbons (Fsp3) is 0.500. The maximum Gasteiger partial charge on any atom is 0.409 e. The predicted octanol–water partition coefficient (Wildman–Crippen LogP) is 2.02. The van der Waals surface area contributed by atoms with Gasteiger partial charge in [-0.25, -0.2) is 13.2 Å². The Morgan fingerprint density at radius 3 is 2.90 bits per heavy atom. The second-order valence-corrected chi connectivity index (χ2v) is 9.66. The van der Waals surface area contributed by atoms with Crippen molar-refractivity contribution in [2.45, 2.75) is 42.7 Å². The maximum atomic E-state index is 12.6. The summed E-state index contributed by atoms with van der Waals surface area (Å²) in [5.74, 6) is 0.723. The molecule has 156 valence electrons. The third-order valence-corrected chi connectivity index (χ3v) is 7.30. The number of hydrogen-bond donors (Lipinski definition) is 2. The highest BCUT2D eigenvalue weighted by molar-refractivity contribution is 7.89. The number of aromatic nitrogens is 3. The number of amides is 1. The molecule has 2 aliphatic rings. The van der Waals surface area contributed by atoms with E-state index in [9.17, 15) is 13.2 Å². The highest BCUT2D eigenvalue weighted by Crippen LogP contribution is 2.38. The Morgan fingerprint density at radius 1 is 1.34 bits per heavy atom. The number of H-pyrrole nitrogens is 1. The number of fused-ring (bicyclic) bond motifs is 1. The van der Waals surface area contributed by atoms with Crippen LogP contribution in [0.25, 0.3) is 0 Å². The molecule has 2 aromatic heterocycles. The van der Waals surface area contributed by atoms with Crippen molar-refractivity contribution in [1.82, 2.24) is 24.4 Å². The number of carbonyl (C=O) groups is 1. The van der Waals surface area contributed by atoms with Gasteiger partial charge < -0.3 is 15.0 Å². The van der Waals surface area contributed by atoms with Crippen LogP contribution in [0.5, 0.6) is 0 Å². The van der Waals surface area contributed by atoms with E-state index in [2.05, 4.69) is 20.5 Å². The number of anilines is 2. The number of carbonyl (C=O) groups excluding carboxylic acids is 1. The quantitative estimate of drug-likeness (QED) is 0.776. The Kier molecular flexibility index (Phi) is 4.95. The standard InChI is InChI=1S/C18H24N6O4S/c1-23(2)18(25)28-13-5-4-11(6-13)14-7-16(22-21-14)20-15-9-19-8-12-10-24(3)29(26,27)17(12)15/h7-9,11,13H,4-6,10H2,1-3H3,(H2,20,21,22)/t11-,13+/m0/s1. The van der Waals surface area contributed by atoms with Crippen LogP contribution in [0.15, 0.2) is 23.4 Å². The molecule has 2 N–H and O–H groups in total. The summed E-state index contributed by atoms with van der Waals surface area (Å²) in [6.07, 6.45) is 5.03. The molecule has 2 aromatic rings. The number of hydrogen-bond acceptors (Lipinski definition) is 7. The number of nitrogens with zero attached hydrogens (tertiary/aromatic N) is 4. The lowest BCUT2D eigenvalue weighted by Crippen LogP contribution is -2.26. The fourth-order valence-electron chi connectivity index (χ4n) is 3.80. The normalized spacial score (nSPS) is 23.0. The van der Waals surface area contributed by atoms with E-state index in [0.717, 1.165) is 25.0 Å². The van der Waals surface area contributed by atoms with Gasteiger partial charge in [-0.15, -0.1) is 0 Å². The van der Waals surface area contributed by atoms with Gasteiger partial charge in [0.05, 0.1) is 11.9 Å². The summed E-state index contributed by atoms with van der Waals surface area (Å²) in [5.41, 5.74) is 2.00. The molecule has 11 heteroatoms. The molecule has 3 heterocycles. The van der Waals surface area contributed by atoms with Gasteiger partial charge in [0.1, 0.15) is 11.0 Å². The van der Waals surface area contributed by atoms with Gasteiger partial charge in [0.2, 0.25) is 10.0 Å². The Bertz CT molecular complexity index is 1030. The largest absolute Gasteiger partial charge is 0.446 e. The van der Waals surface area contributed by atoms with Crippen molar-refractivity contribution in [2.75, 3.05) is 26.5 Å². The highest BCUT2D eigenvalue weighted by Gasteiger charge is 2.35. The molecule has 0 bridgehead atoms. The number of sulfonamides is 1. The van der Waals surface area contributed by atoms with Crippen LogP contribution in [0.4, 0.5) is 16.3 Å². The van der Waals surface area contributed by atoms with Crippen LogP contribution >= 0.6 is 0 Å². The second kappa shape index (κ2) is 7.30. The average Bonchev–Trinajstić information content (AvgIpc) is 3.35. The van der Waals surface area contributed by atoms with E-state index in [0.29, 0.717) is 23.6 Å². The van der Waals surface area contributed by atoms with Crippen LogP contribution in [0.2, 0.25) is 0 Å². The highest BCUT2D eigenvalue weighted by atomic mass is 32.2. The van der Waals surface area contributed by atoms with Crippen LogP contribution in [-0.2, 0) is 21.3 Å². The van der Waals surface area contributed by atoms with Gasteiger partial charge in [0.25, 0.3) is 0 Å². The zero-order valence-corrected chi connectivity index (χ0v) is 17.4. The van der Waals surface area contributed by atoms with E-state index in [1.807, 2.05) is 6.07 Å². The molecule has 0 aromatic carbocycles. The SMILES string of the molecule is CN(C)C(=O)O[C@@H]1CC[C@H](c2cc(Nc3cncc4c3S(=O)(=O)N(C)C4)n[nH]2)C1. The van der Waals surface area contributed by atoms with E-state index >= 15 is 0 Å². The summed E-state index contributed by atoms with van der Waals surface area (Å²) in [6, 6.07) is 1.87. The average molecular weight is 420 g/mol. The van der Waals surface area contributed by atoms with Crippen LogP contribution in [0.3, 0.4) is 0 Å². The van der Waals surface area contributed by atoms with Gasteiger partial charge in [0, 0.05) is 57.1 Å². The molecule has 0 unspecified atom stereocenters. The molecular weight excluding hydrogens is 396 g/mol. The molecular formula is C18H24N6O4S. The minimum Gasteiger partial charge on any atom is -0.446 e. The molecule has 10 nitrogen and oxygen atoms in total. The molecule has 29 heavy (non-hydrogen) atoms. The predicted molar refractivity (Wildman–Crippen MR) is 105 cm³/mol. The summed E-state index contributed by atoms with van der Waals surface area (Å²) in [4.78, 5) is 17.5. The van der Waals surface area contributed by atoms with Crippen molar-refractivity contribution in [3.05, 3.63) is 29.7 Å². The summed E-state index contributed by atoms with van der Waals surface area (Å²) in [5, 5.41) is 10.4. The summed E-state index contributed by atoms with van der Waals surface area (Å²) >= 11 is 0. The first kappa shape index (κ1) is 19.6. The first-order chi connectivity index (χ1) is 13.8. The van der Waals surface area contributed by atoms with Crippen LogP contribution in [0.1, 0.15) is 36.4 Å². The molecule has 0 saturated heterocycles. The zero-order valence-electron chi connectivity index (χ0n) is 16.5. The molecule has 1 fully saturated rings. The lowest BCUT2D eigenvalue weighted by Gasteiger charge is -2.16. The topological polar surface area (TPSA) is 121 Å². The minimum absolute atomic E-state index is 0.114. The molecule has 0 radical (unpaired) electrons. The molecule has 1 aliphatic heterocycles. The number of ether oxygens (including phenoxy) is 1. The van der Waals surface area contributed by atoms with Crippen molar-refractivity contribution < 1.29 is 17.9 Å². The first-order valence-corrected chi connectivity index (χ1v) is 10.8. The smallest absolute Gasteiger partial charge is 0.409 e. The van der Waals surface area contributed by atoms with Crippen molar-refractivity contribution in [3.8, 4) is 0 Å². The molecule has 0 spiro atoms. The van der Waals surface area contributed by atoms with E-state index in [-0.39, 0.29) is 23.0 Å². The van der Waals surface area contributed by atoms with Gasteiger partial charge in [-0.3, -0.25) is 10.1 Å². The monoisotopic (exact) mass is 420 g/mol. The lowest BCUT2D eigenvalue weighted by molar-refractivity contribution is 0.0770. The third-order valence-electron chi connectivity index (χ3n) is 5.35. The van der Waals surface area contributed by atoms with Crippen LogP contribution in [0, 0.1) is 0 Å². The van der Waals surface area contributed by atoms with Crippen molar-refractivity contribution >= 4 is 27.6 Å². The molecule has 1 saturated carbocycles. The van der Waals surface area contributed by atoms with E-state index in [4.69, 9.17) is 4.74 Å². The van der Waals surface area contributed by atoms with Crippen molar-refractivity contribution in [1.29, 1.82) is 0 Å². The van der Waals surface area contributed by atoms with E-state index in [1.54, 1.807) is 27.3 Å². The summed E-state index contributed by atoms with van der Waals surface area (Å²) in [6.45, 7) is 0.307. The lowest BCUT2D eigenvalue weighted by atomic mass is 10.0. The summed E-state index contributed by atoms with van der Waals surface area (Å²) < 4.78 is 31.9. The molecule has 1 aliphatic carbocycles. The van der Waals surface area contributed by atoms with E-state index < -0.39 is 10.0 Å². The van der Waals surface area contributed by atoms with Gasteiger partial charge in [-0.05, 0) is 19.3 Å². The van der Waals surface area contributed by atoms with Gasteiger partial charge in [-0.1, -0.05) is 0 Å². The fourth-order valence-corrected chi connectivity index (χ4v) is 5.26. The number of nitrogens with one attached hydrogen (secondary N) is 2. The van der Waals surface area contributed by atoms with Crippen LogP contribution in [-0.4, -0.2) is 66.1 Å². The van der Waals surface area contributed by atoms with Crippen molar-refractivity contribution in [3.63, 3.8) is 0 Å². The number of rotatable bonds is 4. The van der Waals surface area contributed by atoms with Crippen molar-refractivity contribution in [2.24, 2.45) is 0 Å². The number of aromatic amines is 1. The second-order valence-electron chi connectivity index (χ2n) is 7.68. The van der Waals surface area contributed by atoms with E-state index in [1.165, 1.54) is 15.4 Å². The van der Waals surface area contributed by atoms with Gasteiger partial charge >= 0.3 is 6.09 Å². The van der Waals surface area contributed by atoms with Gasteiger partial charge in [-0.2, -0.15) is 9.40 Å². The Morgan fingerprint density at radius 2 is 2.14 bits per heavy atom. The maximum absolute atomic E-state index is 12.6.